The summed E-state index contributed by atoms with van der Waals surface area (Å²) >= 11 is 6.13. The highest BCUT2D eigenvalue weighted by Gasteiger charge is 2.32. The van der Waals surface area contributed by atoms with Crippen LogP contribution in [0.15, 0.2) is 42.5 Å². The van der Waals surface area contributed by atoms with Crippen molar-refractivity contribution in [3.8, 4) is 11.5 Å². The molecule has 1 aliphatic rings. The summed E-state index contributed by atoms with van der Waals surface area (Å²) in [6, 6.07) is 10.7. The minimum atomic E-state index is -3.84. The normalized spacial score (nSPS) is 14.1. The van der Waals surface area contributed by atoms with Crippen LogP contribution in [0, 0.1) is 0 Å². The molecule has 1 aliphatic heterocycles. The summed E-state index contributed by atoms with van der Waals surface area (Å²) in [7, 11) is -3.84. The zero-order chi connectivity index (χ0) is 26.5. The number of benzene rings is 2. The van der Waals surface area contributed by atoms with Gasteiger partial charge in [0.25, 0.3) is 0 Å². The fourth-order valence-electron chi connectivity index (χ4n) is 3.64. The monoisotopic (exact) mass is 537 g/mol. The van der Waals surface area contributed by atoms with E-state index in [-0.39, 0.29) is 36.7 Å². The average Bonchev–Trinajstić information content (AvgIpc) is 3.33. The second-order valence-corrected chi connectivity index (χ2v) is 11.2. The van der Waals surface area contributed by atoms with Gasteiger partial charge in [-0.25, -0.2) is 8.42 Å². The topological polar surface area (TPSA) is 105 Å². The summed E-state index contributed by atoms with van der Waals surface area (Å²) in [6.45, 7) is 6.58. The first-order chi connectivity index (χ1) is 17.1. The smallest absolute Gasteiger partial charge is 0.244 e. The molecular weight excluding hydrogens is 506 g/mol. The molecular formula is C25H32ClN3O6S. The maximum atomic E-state index is 13.7. The van der Waals surface area contributed by atoms with Gasteiger partial charge in [-0.2, -0.15) is 0 Å². The van der Waals surface area contributed by atoms with Crippen LogP contribution in [0.2, 0.25) is 5.02 Å². The minimum Gasteiger partial charge on any atom is -0.454 e. The molecule has 0 radical (unpaired) electrons. The molecule has 3 rings (SSSR count). The van der Waals surface area contributed by atoms with Crippen LogP contribution in [0.4, 0.5) is 5.69 Å². The Labute approximate surface area is 217 Å². The number of sulfonamides is 1. The second kappa shape index (κ2) is 11.8. The van der Waals surface area contributed by atoms with Crippen LogP contribution in [-0.4, -0.2) is 56.3 Å². The van der Waals surface area contributed by atoms with Crippen molar-refractivity contribution in [2.75, 3.05) is 23.4 Å². The summed E-state index contributed by atoms with van der Waals surface area (Å²) in [4.78, 5) is 28.0. The van der Waals surface area contributed by atoms with Crippen LogP contribution in [0.25, 0.3) is 0 Å². The van der Waals surface area contributed by atoms with Gasteiger partial charge in [-0.1, -0.05) is 30.7 Å². The quantitative estimate of drug-likeness (QED) is 0.470. The highest BCUT2D eigenvalue weighted by molar-refractivity contribution is 7.92. The van der Waals surface area contributed by atoms with E-state index in [1.807, 2.05) is 13.8 Å². The summed E-state index contributed by atoms with van der Waals surface area (Å²) in [5.74, 6) is -0.179. The Morgan fingerprint density at radius 3 is 2.47 bits per heavy atom. The first kappa shape index (κ1) is 27.6. The third-order valence-electron chi connectivity index (χ3n) is 6.03. The predicted octanol–water partition coefficient (Wildman–Crippen LogP) is 3.56. The Morgan fingerprint density at radius 2 is 1.81 bits per heavy atom. The lowest BCUT2D eigenvalue weighted by atomic mass is 10.1. The van der Waals surface area contributed by atoms with Gasteiger partial charge in [-0.05, 0) is 57.0 Å². The number of rotatable bonds is 11. The number of nitrogens with one attached hydrogen (secondary N) is 1. The molecule has 1 heterocycles. The number of anilines is 1. The van der Waals surface area contributed by atoms with E-state index >= 15 is 0 Å². The van der Waals surface area contributed by atoms with E-state index in [1.54, 1.807) is 43.3 Å². The number of nitrogens with zero attached hydrogens (tertiary/aromatic N) is 2. The summed E-state index contributed by atoms with van der Waals surface area (Å²) in [6.07, 6.45) is 0.729. The summed E-state index contributed by atoms with van der Waals surface area (Å²) in [5, 5.41) is 3.39. The molecule has 0 saturated carbocycles. The van der Waals surface area contributed by atoms with Crippen molar-refractivity contribution in [3.05, 3.63) is 53.1 Å². The molecule has 9 nitrogen and oxygen atoms in total. The summed E-state index contributed by atoms with van der Waals surface area (Å²) in [5.41, 5.74) is 0.987. The van der Waals surface area contributed by atoms with Gasteiger partial charge in [0.1, 0.15) is 12.6 Å². The number of carbonyl (C=O) groups is 2. The highest BCUT2D eigenvalue weighted by atomic mass is 35.5. The van der Waals surface area contributed by atoms with Crippen molar-refractivity contribution in [3.63, 3.8) is 0 Å². The molecule has 36 heavy (non-hydrogen) atoms. The number of ether oxygens (including phenoxy) is 2. The Kier molecular flexibility index (Phi) is 9.08. The molecule has 0 aliphatic carbocycles. The SMILES string of the molecule is CCC(C)NC(=O)C(C)N(Cc1cccc(Cl)c1)C(=O)CN(c1ccc2c(c1)OCO2)S(=O)(=O)CC. The van der Waals surface area contributed by atoms with Gasteiger partial charge in [-0.15, -0.1) is 0 Å². The van der Waals surface area contributed by atoms with Crippen LogP contribution >= 0.6 is 11.6 Å². The minimum absolute atomic E-state index is 0.0362. The van der Waals surface area contributed by atoms with Gasteiger partial charge in [0, 0.05) is 23.7 Å². The molecule has 2 atom stereocenters. The Hall–Kier alpha value is -2.98. The average molecular weight is 538 g/mol. The van der Waals surface area contributed by atoms with Crippen LogP contribution < -0.4 is 19.1 Å². The van der Waals surface area contributed by atoms with Crippen molar-refractivity contribution in [2.24, 2.45) is 0 Å². The van der Waals surface area contributed by atoms with E-state index in [9.17, 15) is 18.0 Å². The lowest BCUT2D eigenvalue weighted by Gasteiger charge is -2.32. The van der Waals surface area contributed by atoms with Crippen molar-refractivity contribution >= 4 is 39.1 Å². The fraction of sp³-hybridized carbons (Fsp3) is 0.440. The van der Waals surface area contributed by atoms with Gasteiger partial charge < -0.3 is 19.7 Å². The Morgan fingerprint density at radius 1 is 1.08 bits per heavy atom. The molecule has 2 amide bonds. The molecule has 0 aromatic heterocycles. The third-order valence-corrected chi connectivity index (χ3v) is 8.01. The Bertz CT molecular complexity index is 1210. The Balaban J connectivity index is 1.94. The predicted molar refractivity (Wildman–Crippen MR) is 139 cm³/mol. The number of hydrogen-bond acceptors (Lipinski definition) is 6. The molecule has 0 bridgehead atoms. The third kappa shape index (κ3) is 6.61. The standard InChI is InChI=1S/C25H32ClN3O6S/c1-5-17(3)27-25(31)18(4)28(14-19-8-7-9-20(26)12-19)24(30)15-29(36(32,33)6-2)21-10-11-22-23(13-21)35-16-34-22/h7-13,17-18H,5-6,14-16H2,1-4H3,(H,27,31). The number of halogens is 1. The first-order valence-electron chi connectivity index (χ1n) is 11.8. The molecule has 196 valence electrons. The first-order valence-corrected chi connectivity index (χ1v) is 13.8. The van der Waals surface area contributed by atoms with Crippen molar-refractivity contribution < 1.29 is 27.5 Å². The maximum absolute atomic E-state index is 13.7. The van der Waals surface area contributed by atoms with E-state index in [0.29, 0.717) is 22.1 Å². The van der Waals surface area contributed by atoms with Gasteiger partial charge in [0.05, 0.1) is 11.4 Å². The molecule has 0 spiro atoms. The largest absolute Gasteiger partial charge is 0.454 e. The van der Waals surface area contributed by atoms with Crippen LogP contribution in [0.1, 0.15) is 39.7 Å². The van der Waals surface area contributed by atoms with Crippen LogP contribution in [0.5, 0.6) is 11.5 Å². The molecule has 11 heteroatoms. The molecule has 2 unspecified atom stereocenters. The van der Waals surface area contributed by atoms with E-state index in [4.69, 9.17) is 21.1 Å². The zero-order valence-corrected chi connectivity index (χ0v) is 22.4. The maximum Gasteiger partial charge on any atom is 0.244 e. The summed E-state index contributed by atoms with van der Waals surface area (Å²) < 4.78 is 37.8. The lowest BCUT2D eigenvalue weighted by molar-refractivity contribution is -0.139. The van der Waals surface area contributed by atoms with Crippen molar-refractivity contribution in [2.45, 2.75) is 52.7 Å². The number of carbonyl (C=O) groups excluding carboxylic acids is 2. The van der Waals surface area contributed by atoms with Gasteiger partial charge in [0.15, 0.2) is 11.5 Å². The van der Waals surface area contributed by atoms with Gasteiger partial charge in [0.2, 0.25) is 28.6 Å². The molecule has 0 fully saturated rings. The van der Waals surface area contributed by atoms with E-state index in [2.05, 4.69) is 5.32 Å². The fourth-order valence-corrected chi connectivity index (χ4v) is 4.91. The van der Waals surface area contributed by atoms with Gasteiger partial charge >= 0.3 is 0 Å². The number of hydrogen-bond donors (Lipinski definition) is 1. The van der Waals surface area contributed by atoms with Crippen LogP contribution in [0.3, 0.4) is 0 Å². The van der Waals surface area contributed by atoms with Crippen LogP contribution in [-0.2, 0) is 26.2 Å². The lowest BCUT2D eigenvalue weighted by Crippen LogP contribution is -2.52. The second-order valence-electron chi connectivity index (χ2n) is 8.59. The van der Waals surface area contributed by atoms with E-state index in [0.717, 1.165) is 10.7 Å². The molecule has 2 aromatic rings. The zero-order valence-electron chi connectivity index (χ0n) is 20.9. The van der Waals surface area contributed by atoms with E-state index in [1.165, 1.54) is 17.9 Å². The van der Waals surface area contributed by atoms with Crippen molar-refractivity contribution in [1.29, 1.82) is 0 Å². The van der Waals surface area contributed by atoms with Gasteiger partial charge in [-0.3, -0.25) is 13.9 Å². The number of fused-ring (bicyclic) bond motifs is 1. The highest BCUT2D eigenvalue weighted by Crippen LogP contribution is 2.36. The number of amides is 2. The van der Waals surface area contributed by atoms with Crippen molar-refractivity contribution in [1.82, 2.24) is 10.2 Å². The molecule has 0 saturated heterocycles. The molecule has 2 aromatic carbocycles. The molecule has 1 N–H and O–H groups in total. The van der Waals surface area contributed by atoms with E-state index < -0.39 is 28.5 Å².